The molecule has 0 fully saturated rings. The molecule has 0 unspecified atom stereocenters. The number of quaternary nitrogens is 1. The van der Waals surface area contributed by atoms with Crippen molar-refractivity contribution in [2.24, 2.45) is 0 Å². The van der Waals surface area contributed by atoms with Gasteiger partial charge in [0.1, 0.15) is 5.75 Å². The molecular weight excluding hydrogens is 150 g/mol. The summed E-state index contributed by atoms with van der Waals surface area (Å²) in [5.41, 5.74) is 5.01. The molecular formula is C10H16NO+. The summed E-state index contributed by atoms with van der Waals surface area (Å²) in [5.74, 6) is 0.953. The predicted octanol–water partition coefficient (Wildman–Crippen LogP) is 1.01. The minimum atomic E-state index is 0.770. The second-order valence-corrected chi connectivity index (χ2v) is 2.87. The molecule has 0 saturated carbocycles. The molecule has 1 aromatic rings. The van der Waals surface area contributed by atoms with Gasteiger partial charge < -0.3 is 10.5 Å². The van der Waals surface area contributed by atoms with E-state index < -0.39 is 0 Å². The first-order valence-corrected chi connectivity index (χ1v) is 4.31. The Bertz CT molecular complexity index is 218. The number of rotatable bonds is 4. The zero-order valence-electron chi connectivity index (χ0n) is 7.55. The summed E-state index contributed by atoms with van der Waals surface area (Å²) in [4.78, 5) is 0. The van der Waals surface area contributed by atoms with Crippen LogP contribution < -0.4 is 10.5 Å². The lowest BCUT2D eigenvalue weighted by Crippen LogP contribution is -2.50. The summed E-state index contributed by atoms with van der Waals surface area (Å²) in [6.07, 6.45) is 1.02. The maximum Gasteiger partial charge on any atom is 0.119 e. The molecule has 0 aliphatic rings. The van der Waals surface area contributed by atoms with E-state index in [-0.39, 0.29) is 0 Å². The van der Waals surface area contributed by atoms with Gasteiger partial charge >= 0.3 is 0 Å². The van der Waals surface area contributed by atoms with Gasteiger partial charge in [0.2, 0.25) is 0 Å². The summed E-state index contributed by atoms with van der Waals surface area (Å²) in [7, 11) is 0. The van der Waals surface area contributed by atoms with E-state index in [0.717, 1.165) is 25.3 Å². The van der Waals surface area contributed by atoms with Gasteiger partial charge in [0.25, 0.3) is 0 Å². The van der Waals surface area contributed by atoms with E-state index in [1.165, 1.54) is 5.56 Å². The van der Waals surface area contributed by atoms with Crippen molar-refractivity contribution in [3.63, 3.8) is 0 Å². The van der Waals surface area contributed by atoms with E-state index in [9.17, 15) is 0 Å². The third kappa shape index (κ3) is 2.93. The normalized spacial score (nSPS) is 9.83. The van der Waals surface area contributed by atoms with Crippen molar-refractivity contribution in [1.82, 2.24) is 0 Å². The highest BCUT2D eigenvalue weighted by molar-refractivity contribution is 5.26. The van der Waals surface area contributed by atoms with Crippen molar-refractivity contribution < 1.29 is 10.5 Å². The lowest BCUT2D eigenvalue weighted by atomic mass is 10.2. The fraction of sp³-hybridized carbons (Fsp3) is 0.400. The Morgan fingerprint density at radius 3 is 2.50 bits per heavy atom. The molecule has 0 aliphatic carbocycles. The van der Waals surface area contributed by atoms with Gasteiger partial charge in [-0.05, 0) is 19.1 Å². The van der Waals surface area contributed by atoms with Gasteiger partial charge in [-0.3, -0.25) is 0 Å². The van der Waals surface area contributed by atoms with Crippen LogP contribution in [0.5, 0.6) is 5.75 Å². The number of aryl methyl sites for hydroxylation is 1. The SMILES string of the molecule is Cc1ccc(OCCC[NH3+])cc1. The minimum Gasteiger partial charge on any atom is -0.493 e. The number of hydrogen-bond donors (Lipinski definition) is 1. The first-order valence-electron chi connectivity index (χ1n) is 4.31. The fourth-order valence-corrected chi connectivity index (χ4v) is 0.927. The summed E-state index contributed by atoms with van der Waals surface area (Å²) in [6.45, 7) is 3.78. The molecule has 0 aliphatic heterocycles. The lowest BCUT2D eigenvalue weighted by molar-refractivity contribution is -0.368. The zero-order chi connectivity index (χ0) is 8.81. The van der Waals surface area contributed by atoms with Gasteiger partial charge in [0.05, 0.1) is 13.2 Å². The van der Waals surface area contributed by atoms with Gasteiger partial charge in [0, 0.05) is 6.42 Å². The number of hydrogen-bond acceptors (Lipinski definition) is 1. The van der Waals surface area contributed by atoms with Gasteiger partial charge in [-0.1, -0.05) is 17.7 Å². The molecule has 12 heavy (non-hydrogen) atoms. The van der Waals surface area contributed by atoms with E-state index in [2.05, 4.69) is 24.8 Å². The highest BCUT2D eigenvalue weighted by atomic mass is 16.5. The second kappa shape index (κ2) is 4.78. The monoisotopic (exact) mass is 166 g/mol. The highest BCUT2D eigenvalue weighted by Crippen LogP contribution is 2.10. The van der Waals surface area contributed by atoms with E-state index >= 15 is 0 Å². The first kappa shape index (κ1) is 9.07. The number of benzene rings is 1. The van der Waals surface area contributed by atoms with Gasteiger partial charge in [-0.25, -0.2) is 0 Å². The second-order valence-electron chi connectivity index (χ2n) is 2.87. The quantitative estimate of drug-likeness (QED) is 0.666. The maximum absolute atomic E-state index is 5.46. The maximum atomic E-state index is 5.46. The molecule has 0 atom stereocenters. The molecule has 0 amide bonds. The zero-order valence-corrected chi connectivity index (χ0v) is 7.55. The molecule has 2 heteroatoms. The summed E-state index contributed by atoms with van der Waals surface area (Å²) in [6, 6.07) is 8.11. The standard InChI is InChI=1S/C10H15NO/c1-9-3-5-10(6-4-9)12-8-2-7-11/h3-6H,2,7-8,11H2,1H3/p+1. The van der Waals surface area contributed by atoms with E-state index in [1.807, 2.05) is 12.1 Å². The largest absolute Gasteiger partial charge is 0.493 e. The molecule has 0 bridgehead atoms. The van der Waals surface area contributed by atoms with E-state index in [4.69, 9.17) is 4.74 Å². The Hall–Kier alpha value is -1.02. The Balaban J connectivity index is 2.37. The van der Waals surface area contributed by atoms with Crippen LogP contribution in [0.3, 0.4) is 0 Å². The van der Waals surface area contributed by atoms with Gasteiger partial charge in [-0.2, -0.15) is 0 Å². The van der Waals surface area contributed by atoms with Crippen molar-refractivity contribution in [2.75, 3.05) is 13.2 Å². The molecule has 1 aromatic carbocycles. The average molecular weight is 166 g/mol. The molecule has 2 nitrogen and oxygen atoms in total. The minimum absolute atomic E-state index is 0.770. The molecule has 0 aromatic heterocycles. The Labute approximate surface area is 73.3 Å². The molecule has 3 N–H and O–H groups in total. The van der Waals surface area contributed by atoms with Crippen molar-refractivity contribution >= 4 is 0 Å². The van der Waals surface area contributed by atoms with E-state index in [1.54, 1.807) is 0 Å². The Morgan fingerprint density at radius 1 is 1.25 bits per heavy atom. The van der Waals surface area contributed by atoms with Crippen LogP contribution in [-0.2, 0) is 0 Å². The molecule has 0 saturated heterocycles. The average Bonchev–Trinajstić information content (AvgIpc) is 2.09. The Kier molecular flexibility index (Phi) is 3.61. The Morgan fingerprint density at radius 2 is 1.92 bits per heavy atom. The van der Waals surface area contributed by atoms with Gasteiger partial charge in [-0.15, -0.1) is 0 Å². The molecule has 66 valence electrons. The van der Waals surface area contributed by atoms with Crippen LogP contribution in [0.25, 0.3) is 0 Å². The molecule has 0 heterocycles. The van der Waals surface area contributed by atoms with Crippen LogP contribution in [0.1, 0.15) is 12.0 Å². The van der Waals surface area contributed by atoms with Crippen LogP contribution in [0.2, 0.25) is 0 Å². The van der Waals surface area contributed by atoms with Crippen LogP contribution in [0.15, 0.2) is 24.3 Å². The van der Waals surface area contributed by atoms with Crippen LogP contribution in [0.4, 0.5) is 0 Å². The van der Waals surface area contributed by atoms with Crippen LogP contribution in [0, 0.1) is 6.92 Å². The van der Waals surface area contributed by atoms with Crippen LogP contribution in [-0.4, -0.2) is 13.2 Å². The summed E-state index contributed by atoms with van der Waals surface area (Å²) >= 11 is 0. The fourth-order valence-electron chi connectivity index (χ4n) is 0.927. The topological polar surface area (TPSA) is 36.9 Å². The van der Waals surface area contributed by atoms with E-state index in [0.29, 0.717) is 0 Å². The number of ether oxygens (including phenoxy) is 1. The van der Waals surface area contributed by atoms with Gasteiger partial charge in [0.15, 0.2) is 0 Å². The molecule has 0 radical (unpaired) electrons. The third-order valence-corrected chi connectivity index (χ3v) is 1.68. The predicted molar refractivity (Wildman–Crippen MR) is 49.0 cm³/mol. The summed E-state index contributed by atoms with van der Waals surface area (Å²) < 4.78 is 5.46. The molecule has 1 rings (SSSR count). The smallest absolute Gasteiger partial charge is 0.119 e. The first-order chi connectivity index (χ1) is 5.83. The lowest BCUT2D eigenvalue weighted by Gasteiger charge is -2.03. The highest BCUT2D eigenvalue weighted by Gasteiger charge is 1.91. The van der Waals surface area contributed by atoms with Crippen LogP contribution >= 0.6 is 0 Å². The third-order valence-electron chi connectivity index (χ3n) is 1.68. The van der Waals surface area contributed by atoms with Crippen molar-refractivity contribution in [1.29, 1.82) is 0 Å². The molecule has 0 spiro atoms. The van der Waals surface area contributed by atoms with Crippen molar-refractivity contribution in [2.45, 2.75) is 13.3 Å². The van der Waals surface area contributed by atoms with Crippen molar-refractivity contribution in [3.8, 4) is 5.75 Å². The summed E-state index contributed by atoms with van der Waals surface area (Å²) in [5, 5.41) is 0. The van der Waals surface area contributed by atoms with Crippen molar-refractivity contribution in [3.05, 3.63) is 29.8 Å².